The fourth-order valence-electron chi connectivity index (χ4n) is 1.47. The minimum Gasteiger partial charge on any atom is -0.491 e. The van der Waals surface area contributed by atoms with Crippen molar-refractivity contribution in [3.8, 4) is 5.75 Å². The molecule has 0 aliphatic rings. The fraction of sp³-hybridized carbons (Fsp3) is 0.462. The van der Waals surface area contributed by atoms with Gasteiger partial charge in [-0.2, -0.15) is 0 Å². The topological polar surface area (TPSA) is 35.5 Å². The van der Waals surface area contributed by atoms with E-state index in [4.69, 9.17) is 32.7 Å². The van der Waals surface area contributed by atoms with E-state index in [1.165, 1.54) is 0 Å². The normalized spacial score (nSPS) is 10.6. The highest BCUT2D eigenvalue weighted by molar-refractivity contribution is 6.37. The molecule has 100 valence electrons. The molecule has 0 saturated carbocycles. The molecule has 0 fully saturated rings. The number of carbonyl (C=O) groups is 1. The molecule has 0 aliphatic carbocycles. The lowest BCUT2D eigenvalue weighted by Crippen LogP contribution is -2.13. The van der Waals surface area contributed by atoms with E-state index in [0.717, 1.165) is 0 Å². The van der Waals surface area contributed by atoms with Crippen LogP contribution in [0.4, 0.5) is 0 Å². The van der Waals surface area contributed by atoms with Gasteiger partial charge in [-0.3, -0.25) is 4.79 Å². The Labute approximate surface area is 117 Å². The van der Waals surface area contributed by atoms with E-state index in [0.29, 0.717) is 28.0 Å². The van der Waals surface area contributed by atoms with Crippen molar-refractivity contribution in [1.29, 1.82) is 0 Å². The predicted octanol–water partition coefficient (Wildman–Crippen LogP) is 3.89. The number of rotatable bonds is 5. The van der Waals surface area contributed by atoms with Gasteiger partial charge in [0.05, 0.1) is 29.2 Å². The maximum Gasteiger partial charge on any atom is 0.310 e. The molecule has 0 heterocycles. The van der Waals surface area contributed by atoms with Crippen LogP contribution in [-0.4, -0.2) is 18.7 Å². The van der Waals surface area contributed by atoms with Gasteiger partial charge in [0.1, 0.15) is 0 Å². The third-order valence-electron chi connectivity index (χ3n) is 2.06. The maximum absolute atomic E-state index is 11.5. The molecule has 0 atom stereocenters. The van der Waals surface area contributed by atoms with Gasteiger partial charge >= 0.3 is 5.97 Å². The lowest BCUT2D eigenvalue weighted by Gasteiger charge is -2.11. The second kappa shape index (κ2) is 6.86. The molecule has 0 unspecified atom stereocenters. The molecule has 0 amide bonds. The first-order valence-corrected chi connectivity index (χ1v) is 6.49. The van der Waals surface area contributed by atoms with Crippen molar-refractivity contribution in [1.82, 2.24) is 0 Å². The SMILES string of the molecule is CCOc1c(Cl)cc(CC(=O)OC(C)C)cc1Cl. The van der Waals surface area contributed by atoms with E-state index in [1.807, 2.05) is 6.92 Å². The molecule has 0 radical (unpaired) electrons. The number of halogens is 2. The number of ether oxygens (including phenoxy) is 2. The molecule has 1 aromatic rings. The quantitative estimate of drug-likeness (QED) is 0.772. The second-order valence-corrected chi connectivity index (χ2v) is 4.85. The molecule has 1 rings (SSSR count). The predicted molar refractivity (Wildman–Crippen MR) is 72.6 cm³/mol. The van der Waals surface area contributed by atoms with Crippen LogP contribution in [0, 0.1) is 0 Å². The summed E-state index contributed by atoms with van der Waals surface area (Å²) in [4.78, 5) is 11.5. The summed E-state index contributed by atoms with van der Waals surface area (Å²) in [5.74, 6) is 0.142. The Morgan fingerprint density at radius 3 is 2.28 bits per heavy atom. The van der Waals surface area contributed by atoms with Crippen LogP contribution in [0.5, 0.6) is 5.75 Å². The Morgan fingerprint density at radius 1 is 1.28 bits per heavy atom. The van der Waals surface area contributed by atoms with Crippen LogP contribution < -0.4 is 4.74 Å². The first-order chi connectivity index (χ1) is 8.43. The van der Waals surface area contributed by atoms with Crippen molar-refractivity contribution in [3.05, 3.63) is 27.7 Å². The van der Waals surface area contributed by atoms with E-state index in [-0.39, 0.29) is 18.5 Å². The minimum absolute atomic E-state index is 0.133. The summed E-state index contributed by atoms with van der Waals surface area (Å²) in [7, 11) is 0. The Hall–Kier alpha value is -0.930. The monoisotopic (exact) mass is 290 g/mol. The van der Waals surface area contributed by atoms with Crippen molar-refractivity contribution in [2.75, 3.05) is 6.61 Å². The van der Waals surface area contributed by atoms with Crippen LogP contribution in [0.1, 0.15) is 26.3 Å². The summed E-state index contributed by atoms with van der Waals surface area (Å²) in [6.45, 7) is 5.93. The van der Waals surface area contributed by atoms with Crippen LogP contribution >= 0.6 is 23.2 Å². The van der Waals surface area contributed by atoms with Crippen LogP contribution in [-0.2, 0) is 16.0 Å². The van der Waals surface area contributed by atoms with Gasteiger partial charge in [-0.1, -0.05) is 23.2 Å². The van der Waals surface area contributed by atoms with E-state index in [9.17, 15) is 4.79 Å². The number of carbonyl (C=O) groups excluding carboxylic acids is 1. The van der Waals surface area contributed by atoms with Crippen molar-refractivity contribution in [2.45, 2.75) is 33.3 Å². The summed E-state index contributed by atoms with van der Waals surface area (Å²) >= 11 is 12.1. The average Bonchev–Trinajstić information content (AvgIpc) is 2.22. The van der Waals surface area contributed by atoms with Gasteiger partial charge in [0.25, 0.3) is 0 Å². The average molecular weight is 291 g/mol. The molecule has 0 bridgehead atoms. The first-order valence-electron chi connectivity index (χ1n) is 5.74. The van der Waals surface area contributed by atoms with E-state index >= 15 is 0 Å². The zero-order valence-corrected chi connectivity index (χ0v) is 12.1. The number of hydrogen-bond donors (Lipinski definition) is 0. The first kappa shape index (κ1) is 15.1. The smallest absolute Gasteiger partial charge is 0.310 e. The highest BCUT2D eigenvalue weighted by atomic mass is 35.5. The van der Waals surface area contributed by atoms with Gasteiger partial charge in [0, 0.05) is 0 Å². The van der Waals surface area contributed by atoms with Gasteiger partial charge in [0.2, 0.25) is 0 Å². The molecule has 1 aromatic carbocycles. The molecule has 0 N–H and O–H groups in total. The largest absolute Gasteiger partial charge is 0.491 e. The second-order valence-electron chi connectivity index (χ2n) is 4.04. The van der Waals surface area contributed by atoms with Gasteiger partial charge < -0.3 is 9.47 Å². The molecule has 0 aromatic heterocycles. The highest BCUT2D eigenvalue weighted by Crippen LogP contribution is 2.34. The Morgan fingerprint density at radius 2 is 1.83 bits per heavy atom. The Bertz CT molecular complexity index is 407. The summed E-state index contributed by atoms with van der Waals surface area (Å²) in [5, 5.41) is 0.799. The summed E-state index contributed by atoms with van der Waals surface area (Å²) in [6, 6.07) is 3.33. The van der Waals surface area contributed by atoms with Gasteiger partial charge in [-0.15, -0.1) is 0 Å². The van der Waals surface area contributed by atoms with Gasteiger partial charge in [-0.05, 0) is 38.5 Å². The zero-order chi connectivity index (χ0) is 13.7. The molecular weight excluding hydrogens is 275 g/mol. The summed E-state index contributed by atoms with van der Waals surface area (Å²) in [6.07, 6.45) is 0.00968. The molecule has 18 heavy (non-hydrogen) atoms. The van der Waals surface area contributed by atoms with E-state index in [1.54, 1.807) is 26.0 Å². The number of hydrogen-bond acceptors (Lipinski definition) is 3. The molecular formula is C13H16Cl2O3. The van der Waals surface area contributed by atoms with Crippen LogP contribution in [0.25, 0.3) is 0 Å². The van der Waals surface area contributed by atoms with E-state index < -0.39 is 0 Å². The summed E-state index contributed by atoms with van der Waals surface area (Å²) in [5.41, 5.74) is 0.708. The van der Waals surface area contributed by atoms with Crippen LogP contribution in [0.2, 0.25) is 10.0 Å². The van der Waals surface area contributed by atoms with Crippen LogP contribution in [0.15, 0.2) is 12.1 Å². The van der Waals surface area contributed by atoms with E-state index in [2.05, 4.69) is 0 Å². The number of esters is 1. The summed E-state index contributed by atoms with van der Waals surface area (Å²) < 4.78 is 10.4. The minimum atomic E-state index is -0.304. The van der Waals surface area contributed by atoms with Crippen molar-refractivity contribution in [2.24, 2.45) is 0 Å². The van der Waals surface area contributed by atoms with Crippen molar-refractivity contribution >= 4 is 29.2 Å². The standard InChI is InChI=1S/C13H16Cl2O3/c1-4-17-13-10(14)5-9(6-11(13)15)7-12(16)18-8(2)3/h5-6,8H,4,7H2,1-3H3. The van der Waals surface area contributed by atoms with Crippen LogP contribution in [0.3, 0.4) is 0 Å². The third kappa shape index (κ3) is 4.39. The Kier molecular flexibility index (Phi) is 5.76. The lowest BCUT2D eigenvalue weighted by atomic mass is 10.1. The van der Waals surface area contributed by atoms with Gasteiger partial charge in [-0.25, -0.2) is 0 Å². The van der Waals surface area contributed by atoms with Crippen molar-refractivity contribution < 1.29 is 14.3 Å². The molecule has 0 aliphatic heterocycles. The maximum atomic E-state index is 11.5. The van der Waals surface area contributed by atoms with Crippen molar-refractivity contribution in [3.63, 3.8) is 0 Å². The fourth-order valence-corrected chi connectivity index (χ4v) is 2.11. The lowest BCUT2D eigenvalue weighted by molar-refractivity contribution is -0.146. The third-order valence-corrected chi connectivity index (χ3v) is 2.62. The number of benzene rings is 1. The highest BCUT2D eigenvalue weighted by Gasteiger charge is 2.13. The Balaban J connectivity index is 2.83. The molecule has 3 nitrogen and oxygen atoms in total. The molecule has 0 spiro atoms. The zero-order valence-electron chi connectivity index (χ0n) is 10.6. The molecule has 0 saturated heterocycles. The van der Waals surface area contributed by atoms with Gasteiger partial charge in [0.15, 0.2) is 5.75 Å². The molecule has 5 heteroatoms.